The lowest BCUT2D eigenvalue weighted by Gasteiger charge is -2.17. The molecule has 0 saturated carbocycles. The highest BCUT2D eigenvalue weighted by Crippen LogP contribution is 2.39. The molecule has 0 aliphatic rings. The third-order valence-corrected chi connectivity index (χ3v) is 4.50. The molecule has 25 heavy (non-hydrogen) atoms. The summed E-state index contributed by atoms with van der Waals surface area (Å²) in [6.45, 7) is 1.80. The Morgan fingerprint density at radius 3 is 2.72 bits per heavy atom. The van der Waals surface area contributed by atoms with Crippen molar-refractivity contribution in [1.29, 1.82) is 0 Å². The van der Waals surface area contributed by atoms with Crippen LogP contribution in [-0.4, -0.2) is 18.1 Å². The van der Waals surface area contributed by atoms with E-state index in [1.165, 1.54) is 13.2 Å². The molecule has 0 radical (unpaired) electrons. The number of hydrogen-bond acceptors (Lipinski definition) is 4. The summed E-state index contributed by atoms with van der Waals surface area (Å²) in [7, 11) is 1.32. The largest absolute Gasteiger partial charge is 0.469 e. The van der Waals surface area contributed by atoms with Crippen LogP contribution in [0.25, 0.3) is 22.0 Å². The molecule has 0 amide bonds. The van der Waals surface area contributed by atoms with Gasteiger partial charge in [-0.2, -0.15) is 0 Å². The summed E-state index contributed by atoms with van der Waals surface area (Å²) in [4.78, 5) is 16.4. The Morgan fingerprint density at radius 2 is 2.00 bits per heavy atom. The second-order valence-corrected chi connectivity index (χ2v) is 6.03. The SMILES string of the molecule is COC(=O)Cc1c(C)nc2ccccc2c1-c1ccc(N)c(F)c1Cl. The summed E-state index contributed by atoms with van der Waals surface area (Å²) in [5, 5.41) is 0.694. The molecule has 0 atom stereocenters. The number of aryl methyl sites for hydroxylation is 1. The zero-order valence-corrected chi connectivity index (χ0v) is 14.5. The number of aromatic nitrogens is 1. The maximum absolute atomic E-state index is 14.3. The van der Waals surface area contributed by atoms with Crippen LogP contribution in [0.5, 0.6) is 0 Å². The van der Waals surface area contributed by atoms with Crippen LogP contribution in [0.4, 0.5) is 10.1 Å². The molecule has 0 fully saturated rings. The minimum atomic E-state index is -0.679. The number of carbonyl (C=O) groups excluding carboxylic acids is 1. The number of nitrogens with two attached hydrogens (primary N) is 1. The van der Waals surface area contributed by atoms with E-state index < -0.39 is 11.8 Å². The Hall–Kier alpha value is -2.66. The molecule has 0 spiro atoms. The van der Waals surface area contributed by atoms with E-state index >= 15 is 0 Å². The molecule has 1 heterocycles. The van der Waals surface area contributed by atoms with Crippen LogP contribution >= 0.6 is 11.6 Å². The van der Waals surface area contributed by atoms with Crippen molar-refractivity contribution < 1.29 is 13.9 Å². The van der Waals surface area contributed by atoms with Crippen molar-refractivity contribution in [2.75, 3.05) is 12.8 Å². The quantitative estimate of drug-likeness (QED) is 0.560. The molecular formula is C19H16ClFN2O2. The van der Waals surface area contributed by atoms with Gasteiger partial charge in [-0.15, -0.1) is 0 Å². The van der Waals surface area contributed by atoms with Gasteiger partial charge in [0, 0.05) is 16.6 Å². The number of halogens is 2. The van der Waals surface area contributed by atoms with Crippen LogP contribution < -0.4 is 5.73 Å². The van der Waals surface area contributed by atoms with Gasteiger partial charge < -0.3 is 10.5 Å². The van der Waals surface area contributed by atoms with Crippen molar-refractivity contribution in [3.63, 3.8) is 0 Å². The van der Waals surface area contributed by atoms with E-state index in [-0.39, 0.29) is 17.1 Å². The van der Waals surface area contributed by atoms with Crippen molar-refractivity contribution in [3.8, 4) is 11.1 Å². The summed E-state index contributed by atoms with van der Waals surface area (Å²) in [5.41, 5.74) is 8.75. The second kappa shape index (κ2) is 6.69. The molecule has 3 aromatic rings. The monoisotopic (exact) mass is 358 g/mol. The molecule has 2 aromatic carbocycles. The second-order valence-electron chi connectivity index (χ2n) is 5.65. The smallest absolute Gasteiger partial charge is 0.310 e. The van der Waals surface area contributed by atoms with E-state index in [4.69, 9.17) is 22.1 Å². The highest BCUT2D eigenvalue weighted by Gasteiger charge is 2.21. The number of esters is 1. The van der Waals surface area contributed by atoms with Crippen LogP contribution in [0, 0.1) is 12.7 Å². The topological polar surface area (TPSA) is 65.2 Å². The Bertz CT molecular complexity index is 989. The van der Waals surface area contributed by atoms with Crippen LogP contribution in [0.2, 0.25) is 5.02 Å². The third kappa shape index (κ3) is 3.03. The van der Waals surface area contributed by atoms with Crippen LogP contribution in [0.15, 0.2) is 36.4 Å². The number of nitrogens with zero attached hydrogens (tertiary/aromatic N) is 1. The Kier molecular flexibility index (Phi) is 4.59. The molecule has 4 nitrogen and oxygen atoms in total. The fraction of sp³-hybridized carbons (Fsp3) is 0.158. The highest BCUT2D eigenvalue weighted by atomic mass is 35.5. The molecule has 2 N–H and O–H groups in total. The van der Waals surface area contributed by atoms with Crippen molar-refractivity contribution in [3.05, 3.63) is 58.5 Å². The first-order chi connectivity index (χ1) is 11.9. The van der Waals surface area contributed by atoms with E-state index in [1.54, 1.807) is 13.0 Å². The maximum Gasteiger partial charge on any atom is 0.310 e. The number of carbonyl (C=O) groups is 1. The van der Waals surface area contributed by atoms with Crippen molar-refractivity contribution in [2.45, 2.75) is 13.3 Å². The number of benzene rings is 2. The number of methoxy groups -OCH3 is 1. The number of rotatable bonds is 3. The van der Waals surface area contributed by atoms with Gasteiger partial charge in [-0.3, -0.25) is 9.78 Å². The van der Waals surface area contributed by atoms with E-state index in [9.17, 15) is 9.18 Å². The molecule has 0 unspecified atom stereocenters. The van der Waals surface area contributed by atoms with E-state index in [1.807, 2.05) is 24.3 Å². The normalized spacial score (nSPS) is 10.9. The van der Waals surface area contributed by atoms with Gasteiger partial charge >= 0.3 is 5.97 Å². The Labute approximate surface area is 149 Å². The molecule has 3 rings (SSSR count). The number of pyridine rings is 1. The van der Waals surface area contributed by atoms with E-state index in [2.05, 4.69) is 4.98 Å². The molecule has 128 valence electrons. The van der Waals surface area contributed by atoms with Gasteiger partial charge in [0.2, 0.25) is 0 Å². The van der Waals surface area contributed by atoms with Crippen molar-refractivity contribution in [2.24, 2.45) is 0 Å². The summed E-state index contributed by atoms with van der Waals surface area (Å²) < 4.78 is 19.1. The van der Waals surface area contributed by atoms with E-state index in [0.29, 0.717) is 22.4 Å². The summed E-state index contributed by atoms with van der Waals surface area (Å²) >= 11 is 6.24. The van der Waals surface area contributed by atoms with Gasteiger partial charge in [-0.25, -0.2) is 4.39 Å². The van der Waals surface area contributed by atoms with Gasteiger partial charge in [0.05, 0.1) is 29.8 Å². The lowest BCUT2D eigenvalue weighted by Crippen LogP contribution is -2.09. The molecule has 0 aliphatic heterocycles. The Balaban J connectivity index is 2.40. The highest BCUT2D eigenvalue weighted by molar-refractivity contribution is 6.34. The molecule has 1 aromatic heterocycles. The fourth-order valence-corrected chi connectivity index (χ4v) is 3.14. The first kappa shape index (κ1) is 17.2. The molecule has 0 saturated heterocycles. The average Bonchev–Trinajstić information content (AvgIpc) is 2.61. The van der Waals surface area contributed by atoms with Gasteiger partial charge in [-0.05, 0) is 30.2 Å². The van der Waals surface area contributed by atoms with Crippen LogP contribution in [0.1, 0.15) is 11.3 Å². The minimum Gasteiger partial charge on any atom is -0.469 e. The number of hydrogen-bond donors (Lipinski definition) is 1. The third-order valence-electron chi connectivity index (χ3n) is 4.13. The molecule has 6 heteroatoms. The molecular weight excluding hydrogens is 343 g/mol. The van der Waals surface area contributed by atoms with Gasteiger partial charge in [0.15, 0.2) is 5.82 Å². The number of para-hydroxylation sites is 1. The van der Waals surface area contributed by atoms with Gasteiger partial charge in [0.1, 0.15) is 0 Å². The number of fused-ring (bicyclic) bond motifs is 1. The van der Waals surface area contributed by atoms with Gasteiger partial charge in [-0.1, -0.05) is 35.9 Å². The number of nitrogen functional groups attached to an aromatic ring is 1. The predicted octanol–water partition coefficient (Wildman–Crippen LogP) is 4.30. The van der Waals surface area contributed by atoms with Gasteiger partial charge in [0.25, 0.3) is 0 Å². The zero-order chi connectivity index (χ0) is 18.1. The first-order valence-electron chi connectivity index (χ1n) is 7.63. The first-order valence-corrected chi connectivity index (χ1v) is 8.00. The molecule has 0 bridgehead atoms. The standard InChI is InChI=1S/C19H16ClFN2O2/c1-10-13(9-16(24)25-2)17(11-5-3-4-6-15(11)23-10)12-7-8-14(22)19(21)18(12)20/h3-8H,9,22H2,1-2H3. The lowest BCUT2D eigenvalue weighted by atomic mass is 9.92. The van der Waals surface area contributed by atoms with Crippen LogP contribution in [-0.2, 0) is 16.0 Å². The average molecular weight is 359 g/mol. The maximum atomic E-state index is 14.3. The zero-order valence-electron chi connectivity index (χ0n) is 13.8. The van der Waals surface area contributed by atoms with Crippen LogP contribution in [0.3, 0.4) is 0 Å². The molecule has 0 aliphatic carbocycles. The van der Waals surface area contributed by atoms with Crippen molar-refractivity contribution >= 4 is 34.2 Å². The summed E-state index contributed by atoms with van der Waals surface area (Å²) in [6, 6.07) is 10.6. The predicted molar refractivity (Wildman–Crippen MR) is 97.0 cm³/mol. The number of ether oxygens (including phenoxy) is 1. The van der Waals surface area contributed by atoms with E-state index in [0.717, 1.165) is 10.9 Å². The minimum absolute atomic E-state index is 0.0117. The lowest BCUT2D eigenvalue weighted by molar-refractivity contribution is -0.139. The fourth-order valence-electron chi connectivity index (χ4n) is 2.87. The van der Waals surface area contributed by atoms with Crippen molar-refractivity contribution in [1.82, 2.24) is 4.98 Å². The Morgan fingerprint density at radius 1 is 1.28 bits per heavy atom. The number of anilines is 1. The summed E-state index contributed by atoms with van der Waals surface area (Å²) in [6.07, 6.45) is 0.0117. The summed E-state index contributed by atoms with van der Waals surface area (Å²) in [5.74, 6) is -1.09.